The van der Waals surface area contributed by atoms with E-state index in [0.717, 1.165) is 41.7 Å². The quantitative estimate of drug-likeness (QED) is 0.558. The number of H-pyrrole nitrogens is 1. The maximum Gasteiger partial charge on any atom is 0.264 e. The molecule has 0 unspecified atom stereocenters. The Morgan fingerprint density at radius 2 is 2.03 bits per heavy atom. The van der Waals surface area contributed by atoms with Gasteiger partial charge in [-0.3, -0.25) is 5.10 Å². The molecule has 3 heterocycles. The van der Waals surface area contributed by atoms with E-state index in [2.05, 4.69) is 51.2 Å². The highest BCUT2D eigenvalue weighted by Crippen LogP contribution is 2.32. The SMILES string of the molecule is Cc1cc(-c2cnc(N)c(Oc3n[nH]c4ccccc34)n2)cc2c1CCN(C)C2. The van der Waals surface area contributed by atoms with Gasteiger partial charge in [0.05, 0.1) is 22.8 Å². The molecule has 4 aromatic rings. The van der Waals surface area contributed by atoms with Gasteiger partial charge in [-0.05, 0) is 61.3 Å². The van der Waals surface area contributed by atoms with Crippen LogP contribution in [-0.4, -0.2) is 38.7 Å². The van der Waals surface area contributed by atoms with Gasteiger partial charge >= 0.3 is 0 Å². The first-order chi connectivity index (χ1) is 14.1. The zero-order valence-corrected chi connectivity index (χ0v) is 16.4. The van der Waals surface area contributed by atoms with Gasteiger partial charge in [-0.15, -0.1) is 5.10 Å². The third-order valence-electron chi connectivity index (χ3n) is 5.44. The van der Waals surface area contributed by atoms with E-state index in [1.165, 1.54) is 16.7 Å². The smallest absolute Gasteiger partial charge is 0.264 e. The second-order valence-corrected chi connectivity index (χ2v) is 7.54. The molecule has 3 N–H and O–H groups in total. The van der Waals surface area contributed by atoms with Gasteiger partial charge in [-0.1, -0.05) is 12.1 Å². The van der Waals surface area contributed by atoms with E-state index in [1.807, 2.05) is 24.3 Å². The van der Waals surface area contributed by atoms with Crippen LogP contribution in [0.15, 0.2) is 42.6 Å². The molecule has 0 atom stereocenters. The molecule has 0 bridgehead atoms. The van der Waals surface area contributed by atoms with Gasteiger partial charge in [-0.25, -0.2) is 9.97 Å². The number of aryl methyl sites for hydroxylation is 1. The van der Waals surface area contributed by atoms with E-state index < -0.39 is 0 Å². The normalized spacial score (nSPS) is 14.1. The number of nitrogens with two attached hydrogens (primary N) is 1. The molecule has 7 heteroatoms. The van der Waals surface area contributed by atoms with Crippen molar-refractivity contribution >= 4 is 16.7 Å². The van der Waals surface area contributed by atoms with Crippen LogP contribution in [0.2, 0.25) is 0 Å². The first-order valence-corrected chi connectivity index (χ1v) is 9.63. The molecule has 0 aliphatic carbocycles. The number of rotatable bonds is 3. The number of anilines is 1. The van der Waals surface area contributed by atoms with Crippen molar-refractivity contribution in [3.8, 4) is 23.0 Å². The van der Waals surface area contributed by atoms with Crippen LogP contribution in [0.25, 0.3) is 22.2 Å². The van der Waals surface area contributed by atoms with E-state index in [1.54, 1.807) is 6.20 Å². The van der Waals surface area contributed by atoms with Crippen LogP contribution in [0.5, 0.6) is 11.8 Å². The van der Waals surface area contributed by atoms with Gasteiger partial charge in [0.15, 0.2) is 5.82 Å². The Morgan fingerprint density at radius 1 is 1.17 bits per heavy atom. The topological polar surface area (TPSA) is 92.9 Å². The summed E-state index contributed by atoms with van der Waals surface area (Å²) in [5.74, 6) is 0.921. The lowest BCUT2D eigenvalue weighted by Gasteiger charge is -2.27. The molecule has 0 fully saturated rings. The van der Waals surface area contributed by atoms with Crippen LogP contribution in [0, 0.1) is 6.92 Å². The van der Waals surface area contributed by atoms with Crippen molar-refractivity contribution < 1.29 is 4.74 Å². The third kappa shape index (κ3) is 3.19. The predicted octanol–water partition coefficient (Wildman–Crippen LogP) is 3.69. The summed E-state index contributed by atoms with van der Waals surface area (Å²) in [6.45, 7) is 4.19. The van der Waals surface area contributed by atoms with E-state index in [-0.39, 0.29) is 11.7 Å². The highest BCUT2D eigenvalue weighted by molar-refractivity contribution is 5.84. The lowest BCUT2D eigenvalue weighted by atomic mass is 9.92. The number of hydrogen-bond acceptors (Lipinski definition) is 6. The van der Waals surface area contributed by atoms with E-state index in [4.69, 9.17) is 10.5 Å². The summed E-state index contributed by atoms with van der Waals surface area (Å²) in [6.07, 6.45) is 2.77. The maximum absolute atomic E-state index is 6.04. The zero-order valence-electron chi connectivity index (χ0n) is 16.4. The van der Waals surface area contributed by atoms with Gasteiger partial charge in [0.25, 0.3) is 5.88 Å². The number of aromatic amines is 1. The summed E-state index contributed by atoms with van der Waals surface area (Å²) in [6, 6.07) is 12.1. The maximum atomic E-state index is 6.04. The van der Waals surface area contributed by atoms with Gasteiger partial charge in [-0.2, -0.15) is 0 Å². The largest absolute Gasteiger partial charge is 0.415 e. The molecule has 1 aliphatic heterocycles. The van der Waals surface area contributed by atoms with Gasteiger partial charge in [0, 0.05) is 18.7 Å². The highest BCUT2D eigenvalue weighted by atomic mass is 16.5. The number of aromatic nitrogens is 4. The van der Waals surface area contributed by atoms with Gasteiger partial charge < -0.3 is 15.4 Å². The average molecular weight is 386 g/mol. The predicted molar refractivity (Wildman–Crippen MR) is 113 cm³/mol. The van der Waals surface area contributed by atoms with Crippen LogP contribution < -0.4 is 10.5 Å². The molecule has 2 aromatic carbocycles. The van der Waals surface area contributed by atoms with Crippen LogP contribution >= 0.6 is 0 Å². The van der Waals surface area contributed by atoms with Crippen molar-refractivity contribution in [1.29, 1.82) is 0 Å². The molecule has 2 aromatic heterocycles. The third-order valence-corrected chi connectivity index (χ3v) is 5.44. The Kier molecular flexibility index (Phi) is 4.17. The summed E-state index contributed by atoms with van der Waals surface area (Å²) in [5, 5.41) is 8.06. The Morgan fingerprint density at radius 3 is 2.93 bits per heavy atom. The second kappa shape index (κ2) is 6.86. The number of ether oxygens (including phenoxy) is 1. The fourth-order valence-corrected chi connectivity index (χ4v) is 3.91. The summed E-state index contributed by atoms with van der Waals surface area (Å²) in [7, 11) is 2.15. The lowest BCUT2D eigenvalue weighted by Crippen LogP contribution is -2.27. The minimum atomic E-state index is 0.232. The van der Waals surface area contributed by atoms with Crippen LogP contribution in [0.1, 0.15) is 16.7 Å². The fraction of sp³-hybridized carbons (Fsp3) is 0.227. The second-order valence-electron chi connectivity index (χ2n) is 7.54. The number of likely N-dealkylation sites (N-methyl/N-ethyl adjacent to an activating group) is 1. The van der Waals surface area contributed by atoms with E-state index in [0.29, 0.717) is 5.88 Å². The Labute approximate surface area is 168 Å². The minimum absolute atomic E-state index is 0.232. The van der Waals surface area contributed by atoms with Crippen LogP contribution in [0.4, 0.5) is 5.82 Å². The molecule has 0 saturated carbocycles. The van der Waals surface area contributed by atoms with Crippen molar-refractivity contribution in [1.82, 2.24) is 25.1 Å². The fourth-order valence-electron chi connectivity index (χ4n) is 3.91. The van der Waals surface area contributed by atoms with Gasteiger partial charge in [0.1, 0.15) is 0 Å². The average Bonchev–Trinajstić information content (AvgIpc) is 3.12. The number of nitrogens with zero attached hydrogens (tertiary/aromatic N) is 4. The van der Waals surface area contributed by atoms with Crippen molar-refractivity contribution in [2.75, 3.05) is 19.3 Å². The Hall–Kier alpha value is -3.45. The van der Waals surface area contributed by atoms with E-state index >= 15 is 0 Å². The molecule has 5 rings (SSSR count). The van der Waals surface area contributed by atoms with Crippen molar-refractivity contribution in [2.45, 2.75) is 19.9 Å². The van der Waals surface area contributed by atoms with Crippen LogP contribution in [-0.2, 0) is 13.0 Å². The van der Waals surface area contributed by atoms with E-state index in [9.17, 15) is 0 Å². The monoisotopic (exact) mass is 386 g/mol. The summed E-state index contributed by atoms with van der Waals surface area (Å²) in [4.78, 5) is 11.3. The number of nitrogen functional groups attached to an aromatic ring is 1. The first kappa shape index (κ1) is 17.6. The number of nitrogens with one attached hydrogen (secondary N) is 1. The molecule has 146 valence electrons. The highest BCUT2D eigenvalue weighted by Gasteiger charge is 2.18. The molecule has 0 spiro atoms. The molecule has 0 saturated heterocycles. The first-order valence-electron chi connectivity index (χ1n) is 9.63. The molecule has 0 radical (unpaired) electrons. The summed E-state index contributed by atoms with van der Waals surface area (Å²) in [5.41, 5.74) is 12.7. The molecular weight excluding hydrogens is 364 g/mol. The summed E-state index contributed by atoms with van der Waals surface area (Å²) < 4.78 is 5.94. The Balaban J connectivity index is 1.53. The van der Waals surface area contributed by atoms with Crippen LogP contribution in [0.3, 0.4) is 0 Å². The minimum Gasteiger partial charge on any atom is -0.415 e. The molecule has 1 aliphatic rings. The van der Waals surface area contributed by atoms with Gasteiger partial charge in [0.2, 0.25) is 5.88 Å². The van der Waals surface area contributed by atoms with Crippen molar-refractivity contribution in [3.05, 3.63) is 59.3 Å². The number of fused-ring (bicyclic) bond motifs is 2. The number of benzene rings is 2. The molecule has 0 amide bonds. The molecule has 7 nitrogen and oxygen atoms in total. The number of para-hydroxylation sites is 1. The van der Waals surface area contributed by atoms with Crippen molar-refractivity contribution in [3.63, 3.8) is 0 Å². The summed E-state index contributed by atoms with van der Waals surface area (Å²) >= 11 is 0. The zero-order chi connectivity index (χ0) is 20.0. The number of hydrogen-bond donors (Lipinski definition) is 2. The molecule has 29 heavy (non-hydrogen) atoms. The lowest BCUT2D eigenvalue weighted by molar-refractivity contribution is 0.312. The van der Waals surface area contributed by atoms with Crippen molar-refractivity contribution in [2.24, 2.45) is 0 Å². The standard InChI is InChI=1S/C22H22N6O/c1-13-9-14(10-15-12-28(2)8-7-16(13)15)19-11-24-20(23)22(25-19)29-21-17-5-3-4-6-18(17)26-27-21/h3-6,9-11H,7-8,12H2,1-2H3,(H2,23,24)(H,26,27). The molecular formula is C22H22N6O. The Bertz CT molecular complexity index is 1220.